The van der Waals surface area contributed by atoms with Gasteiger partial charge in [0.05, 0.1) is 35.8 Å². The van der Waals surface area contributed by atoms with Crippen LogP contribution in [-0.4, -0.2) is 44.4 Å². The van der Waals surface area contributed by atoms with Crippen LogP contribution in [0.4, 0.5) is 18.9 Å². The summed E-state index contributed by atoms with van der Waals surface area (Å²) in [6.45, 7) is 0. The Morgan fingerprint density at radius 1 is 1.03 bits per heavy atom. The van der Waals surface area contributed by atoms with Gasteiger partial charge in [-0.1, -0.05) is 6.07 Å². The predicted molar refractivity (Wildman–Crippen MR) is 119 cm³/mol. The first kappa shape index (κ1) is 23.4. The zero-order chi connectivity index (χ0) is 24.7. The summed E-state index contributed by atoms with van der Waals surface area (Å²) < 4.78 is 48.9. The van der Waals surface area contributed by atoms with Gasteiger partial charge in [0.25, 0.3) is 5.91 Å². The quantitative estimate of drug-likeness (QED) is 0.508. The van der Waals surface area contributed by atoms with Gasteiger partial charge in [-0.15, -0.1) is 0 Å². The van der Waals surface area contributed by atoms with Gasteiger partial charge < -0.3 is 20.3 Å². The Hall–Kier alpha value is -3.34. The molecule has 2 aliphatic rings. The number of nitrogens with one attached hydrogen (secondary N) is 1. The molecule has 7 nitrogen and oxygen atoms in total. The van der Waals surface area contributed by atoms with Gasteiger partial charge in [-0.05, 0) is 49.1 Å². The van der Waals surface area contributed by atoms with E-state index in [9.17, 15) is 28.2 Å². The first-order chi connectivity index (χ1) is 16.8. The highest BCUT2D eigenvalue weighted by atomic mass is 19.1. The summed E-state index contributed by atoms with van der Waals surface area (Å²) in [6, 6.07) is 6.73. The van der Waals surface area contributed by atoms with Gasteiger partial charge in [0.2, 0.25) is 0 Å². The third-order valence-corrected chi connectivity index (χ3v) is 6.32. The van der Waals surface area contributed by atoms with E-state index in [4.69, 9.17) is 4.74 Å². The van der Waals surface area contributed by atoms with E-state index in [1.807, 2.05) is 0 Å². The number of ether oxygens (including phenoxy) is 1. The van der Waals surface area contributed by atoms with Crippen molar-refractivity contribution in [1.82, 2.24) is 9.97 Å². The lowest BCUT2D eigenvalue weighted by molar-refractivity contribution is -0.177. The number of hydrogen-bond acceptors (Lipinski definition) is 6. The van der Waals surface area contributed by atoms with E-state index >= 15 is 0 Å². The second-order valence-electron chi connectivity index (χ2n) is 8.76. The van der Waals surface area contributed by atoms with Crippen LogP contribution in [0.5, 0.6) is 0 Å². The first-order valence-electron chi connectivity index (χ1n) is 11.2. The molecule has 0 spiro atoms. The van der Waals surface area contributed by atoms with Crippen molar-refractivity contribution < 1.29 is 32.9 Å². The summed E-state index contributed by atoms with van der Waals surface area (Å²) in [5.74, 6) is -3.59. The summed E-state index contributed by atoms with van der Waals surface area (Å²) in [6.07, 6.45) is 1.72. The van der Waals surface area contributed by atoms with Gasteiger partial charge in [0, 0.05) is 18.2 Å². The molecule has 1 aromatic carbocycles. The van der Waals surface area contributed by atoms with Crippen molar-refractivity contribution >= 4 is 11.6 Å². The fourth-order valence-corrected chi connectivity index (χ4v) is 4.36. The molecule has 10 heteroatoms. The van der Waals surface area contributed by atoms with Crippen molar-refractivity contribution in [3.8, 4) is 11.3 Å². The Kier molecular flexibility index (Phi) is 6.26. The van der Waals surface area contributed by atoms with E-state index in [2.05, 4.69) is 15.3 Å². The van der Waals surface area contributed by atoms with E-state index in [1.54, 1.807) is 6.07 Å². The maximum atomic E-state index is 14.4. The van der Waals surface area contributed by atoms with Crippen molar-refractivity contribution in [2.75, 3.05) is 5.32 Å². The van der Waals surface area contributed by atoms with E-state index < -0.39 is 59.0 Å². The lowest BCUT2D eigenvalue weighted by Gasteiger charge is -2.38. The molecule has 4 atom stereocenters. The zero-order valence-electron chi connectivity index (χ0n) is 18.4. The summed E-state index contributed by atoms with van der Waals surface area (Å²) in [7, 11) is 0. The molecule has 1 aliphatic heterocycles. The van der Waals surface area contributed by atoms with Crippen LogP contribution in [0.15, 0.2) is 48.8 Å². The van der Waals surface area contributed by atoms with E-state index in [1.165, 1.54) is 12.4 Å². The van der Waals surface area contributed by atoms with Crippen LogP contribution in [0.1, 0.15) is 41.4 Å². The van der Waals surface area contributed by atoms with E-state index in [-0.39, 0.29) is 23.7 Å². The van der Waals surface area contributed by atoms with Crippen molar-refractivity contribution in [3.63, 3.8) is 0 Å². The van der Waals surface area contributed by atoms with Crippen molar-refractivity contribution in [2.24, 2.45) is 5.92 Å². The smallest absolute Gasteiger partial charge is 0.274 e. The maximum absolute atomic E-state index is 14.4. The third-order valence-electron chi connectivity index (χ3n) is 6.32. The lowest BCUT2D eigenvalue weighted by atomic mass is 9.91. The number of nitrogens with zero attached hydrogens (tertiary/aromatic N) is 2. The zero-order valence-corrected chi connectivity index (χ0v) is 18.4. The van der Waals surface area contributed by atoms with Crippen LogP contribution >= 0.6 is 0 Å². The number of benzene rings is 1. The normalized spacial score (nSPS) is 24.3. The number of carbonyl (C=O) groups excluding carboxylic acids is 1. The van der Waals surface area contributed by atoms with Crippen LogP contribution < -0.4 is 5.32 Å². The number of carbonyl (C=O) groups is 1. The molecular formula is C25H22F3N3O4. The molecule has 3 aromatic rings. The largest absolute Gasteiger partial charge is 0.390 e. The molecular weight excluding hydrogens is 463 g/mol. The fourth-order valence-electron chi connectivity index (χ4n) is 4.36. The molecule has 1 aliphatic carbocycles. The molecule has 1 amide bonds. The Morgan fingerprint density at radius 2 is 1.77 bits per heavy atom. The summed E-state index contributed by atoms with van der Waals surface area (Å²) >= 11 is 0. The second-order valence-corrected chi connectivity index (χ2v) is 8.76. The molecule has 1 saturated carbocycles. The van der Waals surface area contributed by atoms with Gasteiger partial charge >= 0.3 is 0 Å². The van der Waals surface area contributed by atoms with Gasteiger partial charge in [-0.3, -0.25) is 9.78 Å². The highest BCUT2D eigenvalue weighted by Crippen LogP contribution is 2.44. The van der Waals surface area contributed by atoms with Crippen LogP contribution in [-0.2, 0) is 4.74 Å². The standard InChI is InChI=1S/C25H22F3N3O4/c26-14-2-1-3-15(27)21(14)22-16(28)6-7-17(30-22)25(34)31-18-11-29-9-8-13(18)20-10-19(32)23(33)24(35-20)12-4-5-12/h1-3,6-9,11-12,19-20,23-24,32-33H,4-5,10H2,(H,31,34). The Balaban J connectivity index is 1.42. The number of amides is 1. The summed E-state index contributed by atoms with van der Waals surface area (Å²) in [4.78, 5) is 20.9. The van der Waals surface area contributed by atoms with Gasteiger partial charge in [-0.2, -0.15) is 0 Å². The van der Waals surface area contributed by atoms with Crippen LogP contribution in [0.2, 0.25) is 0 Å². The monoisotopic (exact) mass is 485 g/mol. The number of aliphatic hydroxyl groups excluding tert-OH is 2. The molecule has 5 rings (SSSR count). The van der Waals surface area contributed by atoms with Gasteiger partial charge in [0.15, 0.2) is 0 Å². The molecule has 3 heterocycles. The summed E-state index contributed by atoms with van der Waals surface area (Å²) in [5, 5.41) is 23.3. The average molecular weight is 485 g/mol. The first-order valence-corrected chi connectivity index (χ1v) is 11.2. The van der Waals surface area contributed by atoms with Crippen LogP contribution in [0.25, 0.3) is 11.3 Å². The minimum absolute atomic E-state index is 0.114. The number of hydrogen-bond donors (Lipinski definition) is 3. The molecule has 0 radical (unpaired) electrons. The number of anilines is 1. The maximum Gasteiger partial charge on any atom is 0.274 e. The molecule has 2 fully saturated rings. The minimum atomic E-state index is -1.01. The molecule has 182 valence electrons. The van der Waals surface area contributed by atoms with Crippen molar-refractivity contribution in [3.05, 3.63) is 77.5 Å². The summed E-state index contributed by atoms with van der Waals surface area (Å²) in [5.41, 5.74) is -0.761. The Morgan fingerprint density at radius 3 is 2.49 bits per heavy atom. The molecule has 3 N–H and O–H groups in total. The second kappa shape index (κ2) is 9.37. The SMILES string of the molecule is O=C(Nc1cnccc1C1CC(O)C(O)C(C2CC2)O1)c1ccc(F)c(-c2c(F)cccc2F)n1. The fraction of sp³-hybridized carbons (Fsp3) is 0.320. The highest BCUT2D eigenvalue weighted by Gasteiger charge is 2.45. The Labute approximate surface area is 198 Å². The van der Waals surface area contributed by atoms with Gasteiger partial charge in [0.1, 0.15) is 34.9 Å². The van der Waals surface area contributed by atoms with Crippen molar-refractivity contribution in [1.29, 1.82) is 0 Å². The molecule has 4 unspecified atom stereocenters. The number of halogens is 3. The average Bonchev–Trinajstić information content (AvgIpc) is 3.67. The number of aliphatic hydroxyl groups is 2. The molecule has 35 heavy (non-hydrogen) atoms. The van der Waals surface area contributed by atoms with Crippen molar-refractivity contribution in [2.45, 2.75) is 43.7 Å². The number of rotatable bonds is 5. The van der Waals surface area contributed by atoms with E-state index in [0.29, 0.717) is 5.56 Å². The highest BCUT2D eigenvalue weighted by molar-refractivity contribution is 6.03. The van der Waals surface area contributed by atoms with Crippen LogP contribution in [0, 0.1) is 23.4 Å². The van der Waals surface area contributed by atoms with Crippen LogP contribution in [0.3, 0.4) is 0 Å². The van der Waals surface area contributed by atoms with E-state index in [0.717, 1.165) is 43.2 Å². The topological polar surface area (TPSA) is 105 Å². The predicted octanol–water partition coefficient (Wildman–Crippen LogP) is 3.78. The van der Waals surface area contributed by atoms with Gasteiger partial charge in [-0.25, -0.2) is 18.2 Å². The molecule has 2 aromatic heterocycles. The molecule has 1 saturated heterocycles. The number of pyridine rings is 2. The lowest BCUT2D eigenvalue weighted by Crippen LogP contribution is -2.46. The molecule has 0 bridgehead atoms. The number of aromatic nitrogens is 2. The minimum Gasteiger partial charge on any atom is -0.390 e. The third kappa shape index (κ3) is 4.64. The Bertz CT molecular complexity index is 1250.